The van der Waals surface area contributed by atoms with Gasteiger partial charge in [-0.05, 0) is 42.5 Å². The van der Waals surface area contributed by atoms with Gasteiger partial charge in [-0.15, -0.1) is 16.9 Å². The molecule has 32 heavy (non-hydrogen) atoms. The van der Waals surface area contributed by atoms with Crippen molar-refractivity contribution in [2.24, 2.45) is 10.5 Å². The number of benzene rings is 1. The van der Waals surface area contributed by atoms with Gasteiger partial charge in [0.05, 0.1) is 23.0 Å². The second-order valence-electron chi connectivity index (χ2n) is 9.17. The molecule has 1 aromatic heterocycles. The molecule has 1 saturated heterocycles. The Bertz CT molecular complexity index is 932. The number of amides is 1. The zero-order chi connectivity index (χ0) is 22.6. The molecule has 0 radical (unpaired) electrons. The number of likely N-dealkylation sites (tertiary alicyclic amines) is 1. The summed E-state index contributed by atoms with van der Waals surface area (Å²) in [5.74, 6) is 1.16. The van der Waals surface area contributed by atoms with E-state index in [0.29, 0.717) is 32.2 Å². The maximum absolute atomic E-state index is 12.3. The Kier molecular flexibility index (Phi) is 6.80. The normalized spacial score (nSPS) is 16.8. The molecule has 0 aliphatic carbocycles. The molecule has 10 heteroatoms. The number of hydrazone groups is 1. The lowest BCUT2D eigenvalue weighted by atomic mass is 9.97. The number of piperidine rings is 1. The van der Waals surface area contributed by atoms with Gasteiger partial charge in [0.25, 0.3) is 0 Å². The second kappa shape index (κ2) is 9.74. The Morgan fingerprint density at radius 3 is 2.62 bits per heavy atom. The van der Waals surface area contributed by atoms with Crippen molar-refractivity contribution in [3.63, 3.8) is 0 Å². The molecule has 0 atom stereocenters. The molecule has 3 heterocycles. The van der Waals surface area contributed by atoms with Crippen LogP contribution in [0.4, 0.5) is 10.5 Å². The van der Waals surface area contributed by atoms with Crippen molar-refractivity contribution >= 4 is 29.5 Å². The molecule has 1 aromatic carbocycles. The molecule has 1 amide bonds. The lowest BCUT2D eigenvalue weighted by Crippen LogP contribution is -2.39. The monoisotopic (exact) mass is 458 g/mol. The van der Waals surface area contributed by atoms with E-state index >= 15 is 0 Å². The third kappa shape index (κ3) is 5.89. The average molecular weight is 459 g/mol. The Morgan fingerprint density at radius 2 is 1.97 bits per heavy atom. The first-order valence-electron chi connectivity index (χ1n) is 10.8. The molecule has 1 fully saturated rings. The van der Waals surface area contributed by atoms with Crippen molar-refractivity contribution in [2.45, 2.75) is 46.1 Å². The van der Waals surface area contributed by atoms with E-state index in [2.05, 4.69) is 42.3 Å². The van der Waals surface area contributed by atoms with E-state index in [4.69, 9.17) is 14.5 Å². The smallest absolute Gasteiger partial charge is 0.409 e. The topological polar surface area (TPSA) is 91.3 Å². The van der Waals surface area contributed by atoms with Crippen LogP contribution in [0.3, 0.4) is 0 Å². The summed E-state index contributed by atoms with van der Waals surface area (Å²) >= 11 is 1.67. The first-order valence-corrected chi connectivity index (χ1v) is 11.7. The summed E-state index contributed by atoms with van der Waals surface area (Å²) in [5, 5.41) is 8.83. The number of hydrogen-bond donors (Lipinski definition) is 2. The maximum Gasteiger partial charge on any atom is 0.409 e. The minimum atomic E-state index is -0.207. The number of hydrazine groups is 2. The van der Waals surface area contributed by atoms with Gasteiger partial charge in [-0.25, -0.2) is 20.3 Å². The van der Waals surface area contributed by atoms with Crippen molar-refractivity contribution in [1.29, 1.82) is 0 Å². The highest BCUT2D eigenvalue weighted by atomic mass is 32.1. The summed E-state index contributed by atoms with van der Waals surface area (Å²) < 4.78 is 11.3. The zero-order valence-electron chi connectivity index (χ0n) is 18.7. The molecule has 4 rings (SSSR count). The van der Waals surface area contributed by atoms with Crippen LogP contribution < -0.4 is 20.8 Å². The fourth-order valence-electron chi connectivity index (χ4n) is 3.44. The van der Waals surface area contributed by atoms with E-state index in [0.717, 1.165) is 35.0 Å². The lowest BCUT2D eigenvalue weighted by Gasteiger charge is -2.31. The van der Waals surface area contributed by atoms with Gasteiger partial charge in [-0.3, -0.25) is 0 Å². The number of aromatic nitrogens is 1. The number of carbonyl (C=O) groups is 1. The second-order valence-corrected chi connectivity index (χ2v) is 10.1. The van der Waals surface area contributed by atoms with Crippen LogP contribution >= 0.6 is 11.3 Å². The van der Waals surface area contributed by atoms with Gasteiger partial charge in [0.1, 0.15) is 18.7 Å². The van der Waals surface area contributed by atoms with Crippen LogP contribution in [0.15, 0.2) is 34.7 Å². The molecular formula is C22H30N6O3S. The first-order chi connectivity index (χ1) is 15.4. The number of ether oxygens (including phenoxy) is 2. The van der Waals surface area contributed by atoms with Crippen molar-refractivity contribution in [2.75, 3.05) is 24.7 Å². The van der Waals surface area contributed by atoms with E-state index in [1.165, 1.54) is 0 Å². The molecular weight excluding hydrogens is 428 g/mol. The van der Waals surface area contributed by atoms with Gasteiger partial charge in [0.2, 0.25) is 0 Å². The molecule has 2 N–H and O–H groups in total. The molecule has 0 bridgehead atoms. The SMILES string of the molecule is CC(C)(C)COC(=O)N1CCC(c2nc(COc3ccc(N4C=NNN4)cc3)cs2)CC1. The van der Waals surface area contributed by atoms with E-state index in [9.17, 15) is 4.79 Å². The molecule has 172 valence electrons. The Balaban J connectivity index is 1.23. The van der Waals surface area contributed by atoms with Crippen molar-refractivity contribution in [1.82, 2.24) is 21.0 Å². The predicted molar refractivity (Wildman–Crippen MR) is 124 cm³/mol. The molecule has 0 spiro atoms. The van der Waals surface area contributed by atoms with Gasteiger partial charge >= 0.3 is 6.09 Å². The Morgan fingerprint density at radius 1 is 1.22 bits per heavy atom. The summed E-state index contributed by atoms with van der Waals surface area (Å²) in [6, 6.07) is 7.75. The first kappa shape index (κ1) is 22.3. The maximum atomic E-state index is 12.3. The van der Waals surface area contributed by atoms with E-state index in [1.54, 1.807) is 22.7 Å². The molecule has 0 saturated carbocycles. The van der Waals surface area contributed by atoms with Crippen molar-refractivity contribution < 1.29 is 14.3 Å². The number of thiazole rings is 1. The summed E-state index contributed by atoms with van der Waals surface area (Å²) in [7, 11) is 0. The van der Waals surface area contributed by atoms with Gasteiger partial charge in [0, 0.05) is 24.4 Å². The molecule has 0 unspecified atom stereocenters. The average Bonchev–Trinajstić information content (AvgIpc) is 3.48. The fourth-order valence-corrected chi connectivity index (χ4v) is 4.42. The van der Waals surface area contributed by atoms with Crippen LogP contribution in [0.1, 0.15) is 50.2 Å². The molecule has 2 aliphatic rings. The summed E-state index contributed by atoms with van der Waals surface area (Å²) in [5.41, 5.74) is 7.41. The quantitative estimate of drug-likeness (QED) is 0.679. The minimum absolute atomic E-state index is 0.0211. The summed E-state index contributed by atoms with van der Waals surface area (Å²) in [6.07, 6.45) is 3.26. The van der Waals surface area contributed by atoms with E-state index in [-0.39, 0.29) is 11.5 Å². The minimum Gasteiger partial charge on any atom is -0.487 e. The van der Waals surface area contributed by atoms with Gasteiger partial charge < -0.3 is 14.4 Å². The van der Waals surface area contributed by atoms with Crippen molar-refractivity contribution in [3.8, 4) is 5.75 Å². The molecule has 9 nitrogen and oxygen atoms in total. The zero-order valence-corrected chi connectivity index (χ0v) is 19.5. The fraction of sp³-hybridized carbons (Fsp3) is 0.500. The lowest BCUT2D eigenvalue weighted by molar-refractivity contribution is 0.0654. The number of anilines is 1. The number of hydrogen-bond acceptors (Lipinski definition) is 9. The number of rotatable bonds is 6. The van der Waals surface area contributed by atoms with Crippen LogP contribution in [-0.4, -0.2) is 42.0 Å². The third-order valence-electron chi connectivity index (χ3n) is 5.21. The largest absolute Gasteiger partial charge is 0.487 e. The molecule has 2 aromatic rings. The van der Waals surface area contributed by atoms with Crippen molar-refractivity contribution in [3.05, 3.63) is 40.3 Å². The van der Waals surface area contributed by atoms with Crippen LogP contribution in [0.2, 0.25) is 0 Å². The number of carbonyl (C=O) groups excluding carboxylic acids is 1. The standard InChI is InChI=1S/C22H30N6O3S/c1-22(2,3)14-31-21(29)27-10-8-16(9-11-27)20-24-17(13-32-20)12-30-19-6-4-18(5-7-19)28-15-23-25-26-28/h4-7,13,15-16,25-26H,8-12,14H2,1-3H3. The van der Waals surface area contributed by atoms with Crippen LogP contribution in [0, 0.1) is 5.41 Å². The van der Waals surface area contributed by atoms with Gasteiger partial charge in [-0.1, -0.05) is 20.8 Å². The van der Waals surface area contributed by atoms with Crippen LogP contribution in [0.25, 0.3) is 0 Å². The van der Waals surface area contributed by atoms with Gasteiger partial charge in [0.15, 0.2) is 0 Å². The summed E-state index contributed by atoms with van der Waals surface area (Å²) in [4.78, 5) is 18.9. The number of nitrogens with one attached hydrogen (secondary N) is 2. The highest BCUT2D eigenvalue weighted by Gasteiger charge is 2.27. The highest BCUT2D eigenvalue weighted by Crippen LogP contribution is 2.31. The van der Waals surface area contributed by atoms with Gasteiger partial charge in [-0.2, -0.15) is 5.10 Å². The predicted octanol–water partition coefficient (Wildman–Crippen LogP) is 3.86. The van der Waals surface area contributed by atoms with E-state index < -0.39 is 0 Å². The third-order valence-corrected chi connectivity index (χ3v) is 6.27. The highest BCUT2D eigenvalue weighted by molar-refractivity contribution is 7.09. The van der Waals surface area contributed by atoms with Crippen LogP contribution in [-0.2, 0) is 11.3 Å². The Hall–Kier alpha value is -2.85. The molecule has 2 aliphatic heterocycles. The van der Waals surface area contributed by atoms with E-state index in [1.807, 2.05) is 29.2 Å². The van der Waals surface area contributed by atoms with Crippen LogP contribution in [0.5, 0.6) is 5.75 Å². The number of nitrogens with zero attached hydrogens (tertiary/aromatic N) is 4. The Labute approximate surface area is 192 Å². The summed E-state index contributed by atoms with van der Waals surface area (Å²) in [6.45, 7) is 8.46.